The fourth-order valence-corrected chi connectivity index (χ4v) is 3.60. The first-order valence-corrected chi connectivity index (χ1v) is 9.47. The molecule has 1 aromatic rings. The molecule has 1 aliphatic rings. The highest BCUT2D eigenvalue weighted by Crippen LogP contribution is 2.44. The third-order valence-corrected chi connectivity index (χ3v) is 4.80. The van der Waals surface area contributed by atoms with Gasteiger partial charge in [-0.05, 0) is 19.2 Å². The van der Waals surface area contributed by atoms with Crippen molar-refractivity contribution in [3.05, 3.63) is 40.4 Å². The van der Waals surface area contributed by atoms with Gasteiger partial charge < -0.3 is 9.47 Å². The van der Waals surface area contributed by atoms with Crippen molar-refractivity contribution >= 4 is 23.4 Å². The number of carbonyl (C=O) groups is 1. The molecule has 28 heavy (non-hydrogen) atoms. The molecule has 1 unspecified atom stereocenters. The van der Waals surface area contributed by atoms with E-state index in [1.54, 1.807) is 19.2 Å². The van der Waals surface area contributed by atoms with E-state index in [4.69, 9.17) is 10.00 Å². The third kappa shape index (κ3) is 4.68. The number of alkyl halides is 2. The van der Waals surface area contributed by atoms with Crippen LogP contribution in [0.4, 0.5) is 8.78 Å². The monoisotopic (exact) mass is 405 g/mol. The van der Waals surface area contributed by atoms with Gasteiger partial charge >= 0.3 is 12.6 Å². The molecule has 1 aromatic carbocycles. The Hall–Kier alpha value is -2.91. The standard InChI is InChI=1S/C19H17F2N3O3S/c1-11-15(18(25)26-9-5-8-22)16(13(10-23)17(24-11)28-2)12-6-3-4-7-14(12)27-19(20)21/h3-4,6-7,15-16,19H,5,9H2,1-2H3/t15?,16-/m0/s1. The van der Waals surface area contributed by atoms with Crippen molar-refractivity contribution in [2.24, 2.45) is 10.9 Å². The molecular formula is C19H17F2N3O3S. The second-order valence-electron chi connectivity index (χ2n) is 5.74. The topological polar surface area (TPSA) is 95.5 Å². The molecule has 1 heterocycles. The normalized spacial score (nSPS) is 18.9. The molecule has 0 aromatic heterocycles. The molecule has 2 atom stereocenters. The summed E-state index contributed by atoms with van der Waals surface area (Å²) in [5.74, 6) is -2.69. The van der Waals surface area contributed by atoms with Crippen LogP contribution in [0.1, 0.15) is 24.8 Å². The van der Waals surface area contributed by atoms with E-state index in [-0.39, 0.29) is 29.9 Å². The highest BCUT2D eigenvalue weighted by molar-refractivity contribution is 8.02. The molecule has 146 valence electrons. The molecule has 0 amide bonds. The van der Waals surface area contributed by atoms with Crippen LogP contribution in [0.2, 0.25) is 0 Å². The lowest BCUT2D eigenvalue weighted by Crippen LogP contribution is -2.34. The van der Waals surface area contributed by atoms with Crippen molar-refractivity contribution in [1.29, 1.82) is 10.5 Å². The Morgan fingerprint density at radius 2 is 2.07 bits per heavy atom. The predicted octanol–water partition coefficient (Wildman–Crippen LogP) is 4.02. The fraction of sp³-hybridized carbons (Fsp3) is 0.368. The number of halogens is 2. The largest absolute Gasteiger partial charge is 0.464 e. The van der Waals surface area contributed by atoms with Crippen LogP contribution in [-0.4, -0.2) is 31.2 Å². The Balaban J connectivity index is 2.58. The average Bonchev–Trinajstić information content (AvgIpc) is 2.67. The summed E-state index contributed by atoms with van der Waals surface area (Å²) >= 11 is 1.22. The zero-order valence-corrected chi connectivity index (χ0v) is 16.0. The lowest BCUT2D eigenvalue weighted by atomic mass is 9.77. The van der Waals surface area contributed by atoms with Gasteiger partial charge in [0.15, 0.2) is 0 Å². The maximum absolute atomic E-state index is 12.9. The van der Waals surface area contributed by atoms with Crippen molar-refractivity contribution in [3.63, 3.8) is 0 Å². The van der Waals surface area contributed by atoms with E-state index in [0.29, 0.717) is 10.7 Å². The van der Waals surface area contributed by atoms with Gasteiger partial charge in [-0.25, -0.2) is 4.99 Å². The predicted molar refractivity (Wildman–Crippen MR) is 99.8 cm³/mol. The average molecular weight is 405 g/mol. The van der Waals surface area contributed by atoms with Gasteiger partial charge in [-0.15, -0.1) is 11.8 Å². The van der Waals surface area contributed by atoms with E-state index >= 15 is 0 Å². The van der Waals surface area contributed by atoms with Crippen LogP contribution in [0.5, 0.6) is 5.75 Å². The maximum atomic E-state index is 12.9. The van der Waals surface area contributed by atoms with Crippen LogP contribution in [0.15, 0.2) is 39.9 Å². The molecule has 2 rings (SSSR count). The van der Waals surface area contributed by atoms with Crippen molar-refractivity contribution in [2.45, 2.75) is 25.9 Å². The summed E-state index contributed by atoms with van der Waals surface area (Å²) in [5, 5.41) is 18.8. The van der Waals surface area contributed by atoms with Crippen molar-refractivity contribution in [1.82, 2.24) is 0 Å². The number of nitrogens with zero attached hydrogens (tertiary/aromatic N) is 3. The number of nitriles is 2. The minimum Gasteiger partial charge on any atom is -0.464 e. The number of allylic oxidation sites excluding steroid dienone is 1. The van der Waals surface area contributed by atoms with E-state index in [1.807, 2.05) is 6.07 Å². The van der Waals surface area contributed by atoms with Crippen LogP contribution in [-0.2, 0) is 9.53 Å². The van der Waals surface area contributed by atoms with Gasteiger partial charge in [-0.2, -0.15) is 19.3 Å². The minimum absolute atomic E-state index is 0.0153. The number of esters is 1. The van der Waals surface area contributed by atoms with E-state index in [1.165, 1.54) is 30.0 Å². The van der Waals surface area contributed by atoms with Crippen LogP contribution in [0.25, 0.3) is 0 Å². The van der Waals surface area contributed by atoms with E-state index in [0.717, 1.165) is 0 Å². The molecule has 0 spiro atoms. The van der Waals surface area contributed by atoms with Crippen LogP contribution in [0.3, 0.4) is 0 Å². The summed E-state index contributed by atoms with van der Waals surface area (Å²) in [6.07, 6.45) is 1.75. The molecule has 0 saturated carbocycles. The van der Waals surface area contributed by atoms with Crippen molar-refractivity contribution < 1.29 is 23.0 Å². The molecule has 1 aliphatic heterocycles. The van der Waals surface area contributed by atoms with Gasteiger partial charge in [0.25, 0.3) is 0 Å². The summed E-state index contributed by atoms with van der Waals surface area (Å²) in [6, 6.07) is 9.95. The van der Waals surface area contributed by atoms with E-state index in [9.17, 15) is 18.8 Å². The van der Waals surface area contributed by atoms with Gasteiger partial charge in [0.05, 0.1) is 24.1 Å². The number of hydrogen-bond donors (Lipinski definition) is 0. The van der Waals surface area contributed by atoms with Crippen LogP contribution >= 0.6 is 11.8 Å². The first kappa shape index (κ1) is 21.4. The molecule has 0 radical (unpaired) electrons. The Morgan fingerprint density at radius 3 is 2.68 bits per heavy atom. The van der Waals surface area contributed by atoms with E-state index in [2.05, 4.69) is 15.8 Å². The fourth-order valence-electron chi connectivity index (χ4n) is 2.97. The molecule has 0 N–H and O–H groups in total. The second-order valence-corrected chi connectivity index (χ2v) is 6.53. The summed E-state index contributed by atoms with van der Waals surface area (Å²) in [4.78, 5) is 17.0. The number of thioether (sulfide) groups is 1. The number of carbonyl (C=O) groups excluding carboxylic acids is 1. The van der Waals surface area contributed by atoms with Gasteiger partial charge in [-0.1, -0.05) is 18.2 Å². The molecular weight excluding hydrogens is 388 g/mol. The highest BCUT2D eigenvalue weighted by atomic mass is 32.2. The SMILES string of the molecule is CSC1=C(C#N)[C@H](c2ccccc2OC(F)F)C(C(=O)OCCC#N)C(C)=N1. The summed E-state index contributed by atoms with van der Waals surface area (Å²) in [7, 11) is 0. The lowest BCUT2D eigenvalue weighted by Gasteiger charge is -2.30. The summed E-state index contributed by atoms with van der Waals surface area (Å²) < 4.78 is 35.5. The number of rotatable bonds is 7. The lowest BCUT2D eigenvalue weighted by molar-refractivity contribution is -0.146. The van der Waals surface area contributed by atoms with Gasteiger partial charge in [0.1, 0.15) is 23.3 Å². The Labute approximate surface area is 165 Å². The quantitative estimate of drug-likeness (QED) is 0.502. The number of hydrogen-bond acceptors (Lipinski definition) is 7. The van der Waals surface area contributed by atoms with E-state index < -0.39 is 24.4 Å². The number of benzene rings is 1. The van der Waals surface area contributed by atoms with Gasteiger partial charge in [0, 0.05) is 17.2 Å². The summed E-state index contributed by atoms with van der Waals surface area (Å²) in [5.41, 5.74) is 0.829. The third-order valence-electron chi connectivity index (χ3n) is 4.10. The van der Waals surface area contributed by atoms with Gasteiger partial charge in [0.2, 0.25) is 0 Å². The number of aliphatic imine (C=N–C) groups is 1. The summed E-state index contributed by atoms with van der Waals surface area (Å²) in [6.45, 7) is -1.55. The molecule has 0 aliphatic carbocycles. The highest BCUT2D eigenvalue weighted by Gasteiger charge is 2.41. The maximum Gasteiger partial charge on any atom is 0.387 e. The second kappa shape index (κ2) is 9.86. The Bertz CT molecular complexity index is 887. The molecule has 0 fully saturated rings. The molecule has 9 heteroatoms. The first-order valence-electron chi connectivity index (χ1n) is 8.25. The van der Waals surface area contributed by atoms with Crippen LogP contribution < -0.4 is 4.74 Å². The zero-order valence-electron chi connectivity index (χ0n) is 15.2. The Morgan fingerprint density at radius 1 is 1.36 bits per heavy atom. The van der Waals surface area contributed by atoms with Crippen molar-refractivity contribution in [2.75, 3.05) is 12.9 Å². The Kier molecular flexibility index (Phi) is 7.53. The zero-order chi connectivity index (χ0) is 20.7. The molecule has 0 bridgehead atoms. The smallest absolute Gasteiger partial charge is 0.387 e. The first-order chi connectivity index (χ1) is 13.4. The number of para-hydroxylation sites is 1. The number of ether oxygens (including phenoxy) is 2. The minimum atomic E-state index is -3.06. The van der Waals surface area contributed by atoms with Crippen molar-refractivity contribution in [3.8, 4) is 17.9 Å². The van der Waals surface area contributed by atoms with Crippen LogP contribution in [0, 0.1) is 28.6 Å². The molecule has 6 nitrogen and oxygen atoms in total. The molecule has 0 saturated heterocycles. The van der Waals surface area contributed by atoms with Gasteiger partial charge in [-0.3, -0.25) is 4.79 Å².